The van der Waals surface area contributed by atoms with Crippen LogP contribution >= 0.6 is 0 Å². The number of nitrogens with zero attached hydrogens (tertiary/aromatic N) is 1. The Morgan fingerprint density at radius 1 is 1.27 bits per heavy atom. The van der Waals surface area contributed by atoms with Crippen molar-refractivity contribution in [3.63, 3.8) is 0 Å². The van der Waals surface area contributed by atoms with Crippen LogP contribution in [0.2, 0.25) is 0 Å². The molecule has 4 heterocycles. The third-order valence-corrected chi connectivity index (χ3v) is 2.35. The first-order valence-electron chi connectivity index (χ1n) is 3.94. The summed E-state index contributed by atoms with van der Waals surface area (Å²) in [6.45, 7) is 4.40. The van der Waals surface area contributed by atoms with E-state index in [1.165, 1.54) is 16.6 Å². The van der Waals surface area contributed by atoms with E-state index in [1.807, 2.05) is 4.57 Å². The average Bonchev–Trinajstić information content (AvgIpc) is 2.46. The zero-order valence-electron chi connectivity index (χ0n) is 6.59. The van der Waals surface area contributed by atoms with E-state index in [4.69, 9.17) is 4.52 Å². The molecule has 4 rings (SSSR count). The maximum atomic E-state index is 5.39. The van der Waals surface area contributed by atoms with Gasteiger partial charge in [-0.1, -0.05) is 13.8 Å². The van der Waals surface area contributed by atoms with E-state index in [2.05, 4.69) is 26.0 Å². The van der Waals surface area contributed by atoms with Crippen LogP contribution in [0, 0.1) is 0 Å². The fourth-order valence-electron chi connectivity index (χ4n) is 1.85. The fraction of sp³-hybridized carbons (Fsp3) is 0.333. The SMILES string of the molecule is CC(C)c1c2on3c1ccc23. The second-order valence-corrected chi connectivity index (χ2v) is 3.39. The first-order chi connectivity index (χ1) is 5.29. The third kappa shape index (κ3) is 0.405. The average molecular weight is 147 g/mol. The van der Waals surface area contributed by atoms with Crippen LogP contribution in [0.15, 0.2) is 16.7 Å². The van der Waals surface area contributed by atoms with Crippen LogP contribution in [0.1, 0.15) is 25.3 Å². The highest BCUT2D eigenvalue weighted by atomic mass is 16.5. The molecule has 0 saturated heterocycles. The highest BCUT2D eigenvalue weighted by molar-refractivity contribution is 5.93. The lowest BCUT2D eigenvalue weighted by Crippen LogP contribution is -1.84. The smallest absolute Gasteiger partial charge is 0.188 e. The number of hydrogen-bond acceptors (Lipinski definition) is 1. The van der Waals surface area contributed by atoms with Crippen LogP contribution in [0.5, 0.6) is 0 Å². The summed E-state index contributed by atoms with van der Waals surface area (Å²) >= 11 is 0. The number of rotatable bonds is 1. The largest absolute Gasteiger partial charge is 0.372 e. The number of benzene rings is 1. The van der Waals surface area contributed by atoms with E-state index in [0.29, 0.717) is 5.92 Å². The molecule has 0 saturated carbocycles. The lowest BCUT2D eigenvalue weighted by atomic mass is 10.0. The summed E-state index contributed by atoms with van der Waals surface area (Å²) in [4.78, 5) is 0. The molecule has 2 heteroatoms. The van der Waals surface area contributed by atoms with Gasteiger partial charge in [-0.25, -0.2) is 0 Å². The molecule has 0 fully saturated rings. The minimum atomic E-state index is 0.576. The van der Waals surface area contributed by atoms with E-state index in [0.717, 1.165) is 5.58 Å². The van der Waals surface area contributed by atoms with Gasteiger partial charge in [0.25, 0.3) is 0 Å². The molecule has 0 aromatic carbocycles. The van der Waals surface area contributed by atoms with E-state index in [1.54, 1.807) is 0 Å². The molecule has 4 bridgehead atoms. The summed E-state index contributed by atoms with van der Waals surface area (Å²) < 4.78 is 7.29. The molecule has 0 spiro atoms. The van der Waals surface area contributed by atoms with E-state index >= 15 is 0 Å². The summed E-state index contributed by atoms with van der Waals surface area (Å²) in [5.41, 5.74) is 4.99. The molecule has 0 radical (unpaired) electrons. The van der Waals surface area contributed by atoms with Gasteiger partial charge in [-0.2, -0.15) is 4.57 Å². The fourth-order valence-corrected chi connectivity index (χ4v) is 1.85. The second kappa shape index (κ2) is 1.37. The second-order valence-electron chi connectivity index (χ2n) is 3.39. The van der Waals surface area contributed by atoms with Crippen molar-refractivity contribution in [1.29, 1.82) is 0 Å². The van der Waals surface area contributed by atoms with Gasteiger partial charge in [0.2, 0.25) is 0 Å². The normalized spacial score (nSPS) is 13.4. The molecular weight excluding hydrogens is 138 g/mol. The standard InChI is InChI=1S/C9H9NO/c1-5(2)8-6-3-4-7-9(8)11-10(6)7/h3-5H,1-2H3. The third-order valence-electron chi connectivity index (χ3n) is 2.35. The zero-order chi connectivity index (χ0) is 7.59. The Kier molecular flexibility index (Phi) is 0.682. The molecule has 0 atom stereocenters. The topological polar surface area (TPSA) is 17.6 Å². The maximum absolute atomic E-state index is 5.39. The molecule has 0 unspecified atom stereocenters. The van der Waals surface area contributed by atoms with Gasteiger partial charge in [-0.15, -0.1) is 0 Å². The van der Waals surface area contributed by atoms with Crippen LogP contribution < -0.4 is 0 Å². The summed E-state index contributed by atoms with van der Waals surface area (Å²) in [7, 11) is 0. The van der Waals surface area contributed by atoms with Crippen molar-refractivity contribution in [2.75, 3.05) is 0 Å². The Labute approximate surface area is 64.0 Å². The Hall–Kier alpha value is -1.18. The summed E-state index contributed by atoms with van der Waals surface area (Å²) in [6, 6.07) is 4.24. The molecule has 0 aliphatic heterocycles. The van der Waals surface area contributed by atoms with Gasteiger partial charge in [-0.3, -0.25) is 0 Å². The van der Waals surface area contributed by atoms with Crippen molar-refractivity contribution in [3.8, 4) is 0 Å². The molecule has 2 nitrogen and oxygen atoms in total. The van der Waals surface area contributed by atoms with Crippen LogP contribution in [0.25, 0.3) is 16.6 Å². The molecule has 0 aliphatic carbocycles. The predicted molar refractivity (Wildman–Crippen MR) is 43.6 cm³/mol. The molecular formula is C9H9NO. The molecule has 4 aromatic heterocycles. The van der Waals surface area contributed by atoms with Gasteiger partial charge in [0.15, 0.2) is 5.58 Å². The van der Waals surface area contributed by atoms with E-state index < -0.39 is 0 Å². The Morgan fingerprint density at radius 2 is 2.00 bits per heavy atom. The predicted octanol–water partition coefficient (Wildman–Crippen LogP) is 2.68. The zero-order valence-corrected chi connectivity index (χ0v) is 6.59. The van der Waals surface area contributed by atoms with Crippen molar-refractivity contribution in [2.24, 2.45) is 0 Å². The summed E-state index contributed by atoms with van der Waals surface area (Å²) in [5, 5.41) is 0. The summed E-state index contributed by atoms with van der Waals surface area (Å²) in [6.07, 6.45) is 0. The van der Waals surface area contributed by atoms with Crippen molar-refractivity contribution in [3.05, 3.63) is 17.7 Å². The van der Waals surface area contributed by atoms with E-state index in [9.17, 15) is 0 Å². The van der Waals surface area contributed by atoms with Crippen LogP contribution in [0.4, 0.5) is 0 Å². The highest BCUT2D eigenvalue weighted by Gasteiger charge is 2.24. The van der Waals surface area contributed by atoms with Crippen LogP contribution in [-0.2, 0) is 0 Å². The lowest BCUT2D eigenvalue weighted by Gasteiger charge is -2.00. The van der Waals surface area contributed by atoms with Crippen molar-refractivity contribution in [2.45, 2.75) is 19.8 Å². The van der Waals surface area contributed by atoms with Crippen molar-refractivity contribution >= 4 is 16.6 Å². The van der Waals surface area contributed by atoms with E-state index in [-0.39, 0.29) is 0 Å². The minimum absolute atomic E-state index is 0.576. The number of hydrogen-bond donors (Lipinski definition) is 0. The summed E-state index contributed by atoms with van der Waals surface area (Å²) in [5.74, 6) is 0.576. The lowest BCUT2D eigenvalue weighted by molar-refractivity contribution is 0.394. The van der Waals surface area contributed by atoms with Gasteiger partial charge in [0.1, 0.15) is 5.52 Å². The minimum Gasteiger partial charge on any atom is -0.372 e. The Balaban J connectivity index is 2.50. The Bertz CT molecular complexity index is 474. The molecule has 11 heavy (non-hydrogen) atoms. The first-order valence-corrected chi connectivity index (χ1v) is 3.94. The van der Waals surface area contributed by atoms with Gasteiger partial charge >= 0.3 is 0 Å². The molecule has 0 amide bonds. The highest BCUT2D eigenvalue weighted by Crippen LogP contribution is 2.38. The molecule has 56 valence electrons. The Morgan fingerprint density at radius 3 is 2.45 bits per heavy atom. The number of aromatic nitrogens is 1. The van der Waals surface area contributed by atoms with Crippen LogP contribution in [-0.4, -0.2) is 4.57 Å². The maximum Gasteiger partial charge on any atom is 0.188 e. The first kappa shape index (κ1) is 5.47. The van der Waals surface area contributed by atoms with Gasteiger partial charge < -0.3 is 4.52 Å². The molecule has 0 N–H and O–H groups in total. The molecule has 4 aromatic rings. The van der Waals surface area contributed by atoms with Crippen molar-refractivity contribution < 1.29 is 4.52 Å². The monoisotopic (exact) mass is 147 g/mol. The van der Waals surface area contributed by atoms with Gasteiger partial charge in [-0.05, 0) is 18.1 Å². The van der Waals surface area contributed by atoms with Gasteiger partial charge in [0.05, 0.1) is 5.52 Å². The van der Waals surface area contributed by atoms with Gasteiger partial charge in [0, 0.05) is 5.56 Å². The van der Waals surface area contributed by atoms with Crippen molar-refractivity contribution in [1.82, 2.24) is 4.57 Å². The quantitative estimate of drug-likeness (QED) is 0.517. The van der Waals surface area contributed by atoms with Crippen LogP contribution in [0.3, 0.4) is 0 Å². The molecule has 0 aliphatic rings.